The number of fused-ring (bicyclic) bond motifs is 1. The summed E-state index contributed by atoms with van der Waals surface area (Å²) in [4.78, 5) is 11.6. The van der Waals surface area contributed by atoms with Gasteiger partial charge >= 0.3 is 0 Å². The largest absolute Gasteiger partial charge is 0.326 e. The van der Waals surface area contributed by atoms with Crippen molar-refractivity contribution in [2.75, 3.05) is 18.4 Å². The maximum Gasteiger partial charge on any atom is 0.244 e. The zero-order valence-corrected chi connectivity index (χ0v) is 12.7. The molecule has 1 saturated heterocycles. The van der Waals surface area contributed by atoms with Crippen LogP contribution in [0.3, 0.4) is 0 Å². The van der Waals surface area contributed by atoms with E-state index in [4.69, 9.17) is 0 Å². The van der Waals surface area contributed by atoms with E-state index in [2.05, 4.69) is 10.6 Å². The summed E-state index contributed by atoms with van der Waals surface area (Å²) in [6.07, 6.45) is 1.93. The smallest absolute Gasteiger partial charge is 0.244 e. The molecule has 6 nitrogen and oxygen atoms in total. The third kappa shape index (κ3) is 2.56. The van der Waals surface area contributed by atoms with Gasteiger partial charge in [-0.2, -0.15) is 4.31 Å². The number of carbonyl (C=O) groups excluding carboxylic acids is 1. The van der Waals surface area contributed by atoms with E-state index in [0.717, 1.165) is 24.9 Å². The topological polar surface area (TPSA) is 78.5 Å². The van der Waals surface area contributed by atoms with Crippen molar-refractivity contribution >= 4 is 21.6 Å². The van der Waals surface area contributed by atoms with Gasteiger partial charge in [0.15, 0.2) is 0 Å². The molecule has 0 saturated carbocycles. The summed E-state index contributed by atoms with van der Waals surface area (Å²) in [5.74, 6) is -0.0932. The van der Waals surface area contributed by atoms with Crippen LogP contribution in [0, 0.1) is 0 Å². The minimum Gasteiger partial charge on any atom is -0.326 e. The number of nitrogens with one attached hydrogen (secondary N) is 2. The molecule has 2 aliphatic rings. The molecule has 0 radical (unpaired) electrons. The van der Waals surface area contributed by atoms with Gasteiger partial charge in [0.1, 0.15) is 0 Å². The first kappa shape index (κ1) is 14.5. The number of anilines is 1. The van der Waals surface area contributed by atoms with Gasteiger partial charge in [0.25, 0.3) is 0 Å². The maximum absolute atomic E-state index is 12.8. The molecule has 1 amide bonds. The quantitative estimate of drug-likeness (QED) is 0.866. The Bertz CT molecular complexity index is 666. The van der Waals surface area contributed by atoms with E-state index in [1.165, 1.54) is 4.31 Å². The van der Waals surface area contributed by atoms with Gasteiger partial charge in [-0.1, -0.05) is 6.92 Å². The lowest BCUT2D eigenvalue weighted by Crippen LogP contribution is -2.45. The highest BCUT2D eigenvalue weighted by atomic mass is 32.2. The summed E-state index contributed by atoms with van der Waals surface area (Å²) in [6.45, 7) is 3.11. The molecule has 3 rings (SSSR count). The molecule has 0 spiro atoms. The third-order valence-corrected chi connectivity index (χ3v) is 5.98. The highest BCUT2D eigenvalue weighted by molar-refractivity contribution is 7.89. The van der Waals surface area contributed by atoms with Gasteiger partial charge in [-0.05, 0) is 43.1 Å². The second kappa shape index (κ2) is 5.40. The Hall–Kier alpha value is -1.44. The Morgan fingerprint density at radius 1 is 1.38 bits per heavy atom. The van der Waals surface area contributed by atoms with Gasteiger partial charge in [-0.15, -0.1) is 0 Å². The van der Waals surface area contributed by atoms with E-state index >= 15 is 0 Å². The Balaban J connectivity index is 1.94. The lowest BCUT2D eigenvalue weighted by molar-refractivity contribution is -0.115. The Kier molecular flexibility index (Phi) is 3.73. The lowest BCUT2D eigenvalue weighted by atomic mass is 10.2. The molecule has 0 aliphatic carbocycles. The molecule has 1 atom stereocenters. The number of sulfonamides is 1. The highest BCUT2D eigenvalue weighted by Gasteiger charge is 2.32. The van der Waals surface area contributed by atoms with Gasteiger partial charge in [-0.3, -0.25) is 4.79 Å². The first-order chi connectivity index (χ1) is 10.0. The van der Waals surface area contributed by atoms with E-state index in [0.29, 0.717) is 12.2 Å². The molecule has 1 aromatic rings. The van der Waals surface area contributed by atoms with Crippen LogP contribution >= 0.6 is 0 Å². The maximum atomic E-state index is 12.8. The summed E-state index contributed by atoms with van der Waals surface area (Å²) in [7, 11) is -3.54. The number of hydrogen-bond donors (Lipinski definition) is 2. The van der Waals surface area contributed by atoms with Gasteiger partial charge in [0.2, 0.25) is 15.9 Å². The normalized spacial score (nSPS) is 21.6. The van der Waals surface area contributed by atoms with Crippen molar-refractivity contribution in [3.8, 4) is 0 Å². The summed E-state index contributed by atoms with van der Waals surface area (Å²) in [6, 6.07) is 4.85. The van der Waals surface area contributed by atoms with Gasteiger partial charge < -0.3 is 10.6 Å². The second-order valence-corrected chi connectivity index (χ2v) is 7.25. The predicted molar refractivity (Wildman–Crippen MR) is 79.4 cm³/mol. The standard InChI is InChI=1S/C14H19N3O3S/c1-2-17(13-4-3-7-15-13)21(19,20)11-5-6-12-10(8-11)9-14(18)16-12/h5-6,8,13,15H,2-4,7,9H2,1H3,(H,16,18). The molecule has 1 fully saturated rings. The average molecular weight is 309 g/mol. The SMILES string of the molecule is CCN(C1CCCN1)S(=O)(=O)c1ccc2c(c1)CC(=O)N2. The van der Waals surface area contributed by atoms with Crippen LogP contribution in [-0.2, 0) is 21.2 Å². The highest BCUT2D eigenvalue weighted by Crippen LogP contribution is 2.28. The molecule has 21 heavy (non-hydrogen) atoms. The van der Waals surface area contributed by atoms with Crippen LogP contribution in [-0.4, -0.2) is 37.9 Å². The number of hydrogen-bond acceptors (Lipinski definition) is 4. The van der Waals surface area contributed by atoms with Crippen LogP contribution in [0.2, 0.25) is 0 Å². The van der Waals surface area contributed by atoms with Crippen LogP contribution in [0.15, 0.2) is 23.1 Å². The fraction of sp³-hybridized carbons (Fsp3) is 0.500. The number of carbonyl (C=O) groups is 1. The molecular weight excluding hydrogens is 290 g/mol. The molecule has 0 bridgehead atoms. The molecule has 114 valence electrons. The minimum absolute atomic E-state index is 0.0932. The van der Waals surface area contributed by atoms with Crippen molar-refractivity contribution in [2.45, 2.75) is 37.2 Å². The molecule has 1 aromatic carbocycles. The van der Waals surface area contributed by atoms with Crippen LogP contribution in [0.5, 0.6) is 0 Å². The Morgan fingerprint density at radius 2 is 2.19 bits per heavy atom. The number of amides is 1. The fourth-order valence-corrected chi connectivity index (χ4v) is 4.63. The molecule has 0 aromatic heterocycles. The number of rotatable bonds is 4. The van der Waals surface area contributed by atoms with Crippen LogP contribution in [0.4, 0.5) is 5.69 Å². The predicted octanol–water partition coefficient (Wildman–Crippen LogP) is 0.901. The first-order valence-corrected chi connectivity index (χ1v) is 8.64. The van der Waals surface area contributed by atoms with Gasteiger partial charge in [-0.25, -0.2) is 8.42 Å². The second-order valence-electron chi connectivity index (χ2n) is 5.36. The molecule has 1 unspecified atom stereocenters. The summed E-state index contributed by atoms with van der Waals surface area (Å²) in [5, 5.41) is 5.94. The number of nitrogens with zero attached hydrogens (tertiary/aromatic N) is 1. The van der Waals surface area contributed by atoms with E-state index < -0.39 is 10.0 Å². The average Bonchev–Trinajstić information content (AvgIpc) is 3.06. The molecule has 2 N–H and O–H groups in total. The van der Waals surface area contributed by atoms with E-state index in [9.17, 15) is 13.2 Å². The zero-order chi connectivity index (χ0) is 15.0. The van der Waals surface area contributed by atoms with Crippen molar-refractivity contribution in [1.82, 2.24) is 9.62 Å². The Morgan fingerprint density at radius 3 is 2.86 bits per heavy atom. The van der Waals surface area contributed by atoms with E-state index in [1.54, 1.807) is 18.2 Å². The zero-order valence-electron chi connectivity index (χ0n) is 11.9. The summed E-state index contributed by atoms with van der Waals surface area (Å²) in [5.41, 5.74) is 1.46. The first-order valence-electron chi connectivity index (χ1n) is 7.20. The summed E-state index contributed by atoms with van der Waals surface area (Å²) < 4.78 is 27.1. The van der Waals surface area contributed by atoms with E-state index in [-0.39, 0.29) is 23.4 Å². The van der Waals surface area contributed by atoms with Gasteiger partial charge in [0.05, 0.1) is 17.5 Å². The monoisotopic (exact) mass is 309 g/mol. The van der Waals surface area contributed by atoms with Crippen LogP contribution < -0.4 is 10.6 Å². The van der Waals surface area contributed by atoms with Crippen LogP contribution in [0.1, 0.15) is 25.3 Å². The van der Waals surface area contributed by atoms with E-state index in [1.807, 2.05) is 6.92 Å². The molecule has 7 heteroatoms. The lowest BCUT2D eigenvalue weighted by Gasteiger charge is -2.27. The summed E-state index contributed by atoms with van der Waals surface area (Å²) >= 11 is 0. The minimum atomic E-state index is -3.54. The fourth-order valence-electron chi connectivity index (χ4n) is 2.97. The Labute approximate surface area is 124 Å². The van der Waals surface area contributed by atoms with Crippen molar-refractivity contribution in [1.29, 1.82) is 0 Å². The van der Waals surface area contributed by atoms with Crippen molar-refractivity contribution in [2.24, 2.45) is 0 Å². The van der Waals surface area contributed by atoms with Crippen molar-refractivity contribution < 1.29 is 13.2 Å². The van der Waals surface area contributed by atoms with Gasteiger partial charge in [0, 0.05) is 12.2 Å². The third-order valence-electron chi connectivity index (χ3n) is 4.00. The molecular formula is C14H19N3O3S. The molecule has 2 aliphatic heterocycles. The van der Waals surface area contributed by atoms with Crippen molar-refractivity contribution in [3.63, 3.8) is 0 Å². The van der Waals surface area contributed by atoms with Crippen molar-refractivity contribution in [3.05, 3.63) is 23.8 Å². The molecule has 2 heterocycles. The van der Waals surface area contributed by atoms with Crippen LogP contribution in [0.25, 0.3) is 0 Å². The number of benzene rings is 1.